The molecule has 1 aliphatic carbocycles. The first-order chi connectivity index (χ1) is 11.2. The lowest BCUT2D eigenvalue weighted by Crippen LogP contribution is -2.45. The lowest BCUT2D eigenvalue weighted by atomic mass is 10.0. The molecule has 0 spiro atoms. The Balaban J connectivity index is 1.51. The third-order valence-corrected chi connectivity index (χ3v) is 4.81. The first-order valence-corrected chi connectivity index (χ1v) is 8.01. The van der Waals surface area contributed by atoms with Gasteiger partial charge < -0.3 is 14.6 Å². The van der Waals surface area contributed by atoms with Crippen molar-refractivity contribution < 1.29 is 14.4 Å². The van der Waals surface area contributed by atoms with Gasteiger partial charge >= 0.3 is 5.97 Å². The van der Waals surface area contributed by atoms with Crippen LogP contribution in [-0.2, 0) is 24.3 Å². The van der Waals surface area contributed by atoms with E-state index in [-0.39, 0.29) is 0 Å². The summed E-state index contributed by atoms with van der Waals surface area (Å²) in [5, 5.41) is 13.5. The van der Waals surface area contributed by atoms with Gasteiger partial charge in [0.25, 0.3) is 0 Å². The van der Waals surface area contributed by atoms with E-state index in [4.69, 9.17) is 4.52 Å². The number of carboxylic acid groups (broad SMARTS) is 1. The molecule has 1 unspecified atom stereocenters. The normalized spacial score (nSPS) is 22.3. The Morgan fingerprint density at radius 1 is 1.43 bits per heavy atom. The Morgan fingerprint density at radius 2 is 2.26 bits per heavy atom. The van der Waals surface area contributed by atoms with Gasteiger partial charge in [-0.3, -0.25) is 9.69 Å². The Hall–Kier alpha value is -2.22. The van der Waals surface area contributed by atoms with E-state index in [9.17, 15) is 9.90 Å². The van der Waals surface area contributed by atoms with Crippen molar-refractivity contribution in [1.82, 2.24) is 25.0 Å². The highest BCUT2D eigenvalue weighted by Gasteiger charge is 2.34. The molecule has 23 heavy (non-hydrogen) atoms. The van der Waals surface area contributed by atoms with E-state index in [1.54, 1.807) is 6.33 Å². The molecule has 0 bridgehead atoms. The monoisotopic (exact) mass is 317 g/mol. The number of imidazole rings is 1. The maximum absolute atomic E-state index is 11.6. The molecule has 1 fully saturated rings. The maximum Gasteiger partial charge on any atom is 0.321 e. The molecular formula is C15H19N5O3. The van der Waals surface area contributed by atoms with E-state index in [2.05, 4.69) is 20.1 Å². The zero-order chi connectivity index (χ0) is 15.8. The molecule has 0 radical (unpaired) electrons. The van der Waals surface area contributed by atoms with Gasteiger partial charge in [-0.1, -0.05) is 18.0 Å². The smallest absolute Gasteiger partial charge is 0.321 e. The summed E-state index contributed by atoms with van der Waals surface area (Å²) in [7, 11) is 0. The lowest BCUT2D eigenvalue weighted by molar-refractivity contribution is -0.144. The topological polar surface area (TPSA) is 108 Å². The predicted molar refractivity (Wildman–Crippen MR) is 78.5 cm³/mol. The molecule has 2 N–H and O–H groups in total. The second kappa shape index (κ2) is 5.77. The lowest BCUT2D eigenvalue weighted by Gasteiger charge is -2.31. The van der Waals surface area contributed by atoms with Gasteiger partial charge in [-0.2, -0.15) is 4.98 Å². The zero-order valence-corrected chi connectivity index (χ0v) is 12.7. The maximum atomic E-state index is 11.6. The number of H-pyrrole nitrogens is 1. The van der Waals surface area contributed by atoms with Crippen LogP contribution in [0.15, 0.2) is 10.9 Å². The van der Waals surface area contributed by atoms with Crippen LogP contribution in [0.4, 0.5) is 0 Å². The third kappa shape index (κ3) is 2.74. The van der Waals surface area contributed by atoms with Crippen molar-refractivity contribution in [2.24, 2.45) is 0 Å². The van der Waals surface area contributed by atoms with Crippen molar-refractivity contribution in [3.05, 3.63) is 29.4 Å². The number of carbonyl (C=O) groups is 1. The summed E-state index contributed by atoms with van der Waals surface area (Å²) in [5.41, 5.74) is 1.79. The van der Waals surface area contributed by atoms with Crippen LogP contribution in [0, 0.1) is 0 Å². The summed E-state index contributed by atoms with van der Waals surface area (Å²) >= 11 is 0. The van der Waals surface area contributed by atoms with Crippen molar-refractivity contribution in [3.63, 3.8) is 0 Å². The van der Waals surface area contributed by atoms with Gasteiger partial charge in [0, 0.05) is 18.9 Å². The molecule has 2 aromatic heterocycles. The largest absolute Gasteiger partial charge is 0.480 e. The van der Waals surface area contributed by atoms with Crippen molar-refractivity contribution in [2.45, 2.75) is 57.2 Å². The summed E-state index contributed by atoms with van der Waals surface area (Å²) in [5.74, 6) is 0.773. The molecule has 4 rings (SSSR count). The van der Waals surface area contributed by atoms with Crippen LogP contribution in [0.1, 0.15) is 54.7 Å². The summed E-state index contributed by atoms with van der Waals surface area (Å²) in [6.07, 6.45) is 6.61. The molecule has 0 aromatic carbocycles. The van der Waals surface area contributed by atoms with Crippen molar-refractivity contribution in [1.29, 1.82) is 0 Å². The first-order valence-electron chi connectivity index (χ1n) is 8.01. The second-order valence-electron chi connectivity index (χ2n) is 6.32. The minimum Gasteiger partial charge on any atom is -0.480 e. The van der Waals surface area contributed by atoms with E-state index in [1.807, 2.05) is 4.90 Å². The number of hydrogen-bond donors (Lipinski definition) is 2. The molecular weight excluding hydrogens is 298 g/mol. The van der Waals surface area contributed by atoms with Crippen LogP contribution in [-0.4, -0.2) is 42.1 Å². The highest BCUT2D eigenvalue weighted by molar-refractivity contribution is 5.74. The van der Waals surface area contributed by atoms with E-state index in [1.165, 1.54) is 12.8 Å². The number of rotatable bonds is 4. The zero-order valence-electron chi connectivity index (χ0n) is 12.7. The number of hydrogen-bond acceptors (Lipinski definition) is 6. The number of nitrogens with zero attached hydrogens (tertiary/aromatic N) is 4. The van der Waals surface area contributed by atoms with Crippen molar-refractivity contribution in [2.75, 3.05) is 0 Å². The van der Waals surface area contributed by atoms with Gasteiger partial charge in [0.1, 0.15) is 6.04 Å². The molecule has 1 saturated carbocycles. The number of aliphatic carboxylic acids is 1. The van der Waals surface area contributed by atoms with Gasteiger partial charge in [-0.15, -0.1) is 0 Å². The van der Waals surface area contributed by atoms with E-state index >= 15 is 0 Å². The van der Waals surface area contributed by atoms with Crippen LogP contribution in [0.25, 0.3) is 0 Å². The van der Waals surface area contributed by atoms with Gasteiger partial charge in [0.15, 0.2) is 5.82 Å². The highest BCUT2D eigenvalue weighted by Crippen LogP contribution is 2.33. The quantitative estimate of drug-likeness (QED) is 0.878. The Labute approximate surface area is 132 Å². The standard InChI is InChI=1S/C15H19N5O3/c21-15(22)12-5-10-11(17-8-16-10)6-20(12)7-13-18-14(23-19-13)9-3-1-2-4-9/h8-9,12H,1-7H2,(H,16,17)(H,21,22). The fraction of sp³-hybridized carbons (Fsp3) is 0.600. The van der Waals surface area contributed by atoms with Crippen molar-refractivity contribution in [3.8, 4) is 0 Å². The first kappa shape index (κ1) is 14.4. The van der Waals surface area contributed by atoms with Crippen LogP contribution >= 0.6 is 0 Å². The number of carboxylic acids is 1. The summed E-state index contributed by atoms with van der Waals surface area (Å²) in [6.45, 7) is 0.866. The minimum absolute atomic E-state index is 0.367. The SMILES string of the molecule is O=C(O)C1Cc2nc[nH]c2CN1Cc1noc(C2CCCC2)n1. The number of aromatic amines is 1. The highest BCUT2D eigenvalue weighted by atomic mass is 16.5. The van der Waals surface area contributed by atoms with Crippen LogP contribution < -0.4 is 0 Å². The Kier molecular flexibility index (Phi) is 3.60. The third-order valence-electron chi connectivity index (χ3n) is 4.81. The average molecular weight is 317 g/mol. The Bertz CT molecular complexity index is 704. The van der Waals surface area contributed by atoms with E-state index in [0.29, 0.717) is 37.1 Å². The van der Waals surface area contributed by atoms with E-state index in [0.717, 1.165) is 24.2 Å². The van der Waals surface area contributed by atoms with Gasteiger partial charge in [-0.25, -0.2) is 4.98 Å². The molecule has 0 amide bonds. The number of aromatic nitrogens is 4. The molecule has 1 atom stereocenters. The summed E-state index contributed by atoms with van der Waals surface area (Å²) in [6, 6.07) is -0.612. The summed E-state index contributed by atoms with van der Waals surface area (Å²) in [4.78, 5) is 25.2. The molecule has 0 saturated heterocycles. The molecule has 8 nitrogen and oxygen atoms in total. The number of fused-ring (bicyclic) bond motifs is 1. The molecule has 122 valence electrons. The fourth-order valence-electron chi connectivity index (χ4n) is 3.55. The minimum atomic E-state index is -0.849. The van der Waals surface area contributed by atoms with Crippen LogP contribution in [0.2, 0.25) is 0 Å². The van der Waals surface area contributed by atoms with Crippen LogP contribution in [0.5, 0.6) is 0 Å². The van der Waals surface area contributed by atoms with Gasteiger partial charge in [0.05, 0.1) is 24.3 Å². The average Bonchev–Trinajstić information content (AvgIpc) is 3.27. The predicted octanol–water partition coefficient (Wildman–Crippen LogP) is 1.46. The van der Waals surface area contributed by atoms with Crippen molar-refractivity contribution >= 4 is 5.97 Å². The number of nitrogens with one attached hydrogen (secondary N) is 1. The second-order valence-corrected chi connectivity index (χ2v) is 6.32. The van der Waals surface area contributed by atoms with Crippen LogP contribution in [0.3, 0.4) is 0 Å². The van der Waals surface area contributed by atoms with E-state index < -0.39 is 12.0 Å². The molecule has 8 heteroatoms. The Morgan fingerprint density at radius 3 is 3.04 bits per heavy atom. The van der Waals surface area contributed by atoms with Gasteiger partial charge in [0.2, 0.25) is 5.89 Å². The molecule has 2 aliphatic rings. The molecule has 2 aromatic rings. The fourth-order valence-corrected chi connectivity index (χ4v) is 3.55. The molecule has 3 heterocycles. The molecule has 1 aliphatic heterocycles. The summed E-state index contributed by atoms with van der Waals surface area (Å²) < 4.78 is 5.38. The van der Waals surface area contributed by atoms with Gasteiger partial charge in [-0.05, 0) is 12.8 Å².